The molecule has 1 aliphatic rings. The highest BCUT2D eigenvalue weighted by molar-refractivity contribution is 6.94. The first-order valence-electron chi connectivity index (χ1n) is 13.6. The molecule has 1 aliphatic heterocycles. The van der Waals surface area contributed by atoms with Gasteiger partial charge in [0.1, 0.15) is 0 Å². The lowest BCUT2D eigenvalue weighted by molar-refractivity contribution is 0.308. The van der Waals surface area contributed by atoms with Gasteiger partial charge in [-0.3, -0.25) is 0 Å². The molecule has 4 rings (SSSR count). The average Bonchev–Trinajstić information content (AvgIpc) is 2.79. The second kappa shape index (κ2) is 12.7. The molecule has 0 amide bonds. The van der Waals surface area contributed by atoms with Crippen molar-refractivity contribution in [1.29, 1.82) is 0 Å². The molecule has 0 aliphatic carbocycles. The van der Waals surface area contributed by atoms with Crippen LogP contribution in [0.1, 0.15) is 0 Å². The zero-order chi connectivity index (χ0) is 31.5. The van der Waals surface area contributed by atoms with Crippen LogP contribution in [-0.2, 0) is 13.7 Å². The Bertz CT molecular complexity index is 1270. The molecule has 1 fully saturated rings. The van der Waals surface area contributed by atoms with Crippen LogP contribution in [0.15, 0.2) is 36.4 Å². The van der Waals surface area contributed by atoms with E-state index in [-0.39, 0.29) is 0 Å². The minimum Gasteiger partial charge on any atom is -0.445 e. The molecule has 15 heteroatoms. The standard InChI is InChI=1S/C27H33B3Cl6O3Si3/c1-40(2,3)25-19(31)10-16(11-20(25)32)28-37-29(17-12-21(33)26(22(34)13-17)41(4,5)6)39-30(38-28)18-14-23(35)27(24(36)15-18)42(7,8)9/h10-15H,1-9H3. The fourth-order valence-corrected chi connectivity index (χ4v) is 16.6. The van der Waals surface area contributed by atoms with Gasteiger partial charge < -0.3 is 13.7 Å². The molecular formula is C27H33B3Cl6O3Si3. The van der Waals surface area contributed by atoms with Crippen LogP contribution in [0.5, 0.6) is 0 Å². The van der Waals surface area contributed by atoms with Crippen LogP contribution in [0.2, 0.25) is 89.1 Å². The third-order valence-corrected chi connectivity index (χ3v) is 15.9. The van der Waals surface area contributed by atoms with Crippen molar-refractivity contribution in [2.24, 2.45) is 0 Å². The largest absolute Gasteiger partial charge is 0.467 e. The van der Waals surface area contributed by atoms with Gasteiger partial charge >= 0.3 is 21.4 Å². The molecule has 222 valence electrons. The summed E-state index contributed by atoms with van der Waals surface area (Å²) in [6.07, 6.45) is 0. The minimum absolute atomic E-state index is 0.583. The number of halogens is 6. The molecule has 0 N–H and O–H groups in total. The van der Waals surface area contributed by atoms with Gasteiger partial charge in [-0.25, -0.2) is 0 Å². The first-order chi connectivity index (χ1) is 19.2. The molecule has 0 aromatic heterocycles. The smallest absolute Gasteiger partial charge is 0.445 e. The van der Waals surface area contributed by atoms with Crippen LogP contribution in [0, 0.1) is 0 Å². The highest BCUT2D eigenvalue weighted by Gasteiger charge is 2.45. The van der Waals surface area contributed by atoms with Crippen molar-refractivity contribution in [2.45, 2.75) is 58.9 Å². The normalized spacial score (nSPS) is 15.1. The van der Waals surface area contributed by atoms with Gasteiger partial charge in [0.15, 0.2) is 0 Å². The summed E-state index contributed by atoms with van der Waals surface area (Å²) in [5.41, 5.74) is 1.99. The van der Waals surface area contributed by atoms with E-state index in [1.54, 1.807) is 0 Å². The quantitative estimate of drug-likeness (QED) is 0.261. The van der Waals surface area contributed by atoms with E-state index >= 15 is 0 Å². The molecule has 42 heavy (non-hydrogen) atoms. The maximum atomic E-state index is 6.79. The number of hydrogen-bond donors (Lipinski definition) is 0. The summed E-state index contributed by atoms with van der Waals surface area (Å²) < 4.78 is 19.2. The van der Waals surface area contributed by atoms with E-state index in [1.807, 2.05) is 36.4 Å². The van der Waals surface area contributed by atoms with Crippen LogP contribution in [-0.4, -0.2) is 45.6 Å². The molecule has 0 atom stereocenters. The minimum atomic E-state index is -1.82. The van der Waals surface area contributed by atoms with Crippen molar-refractivity contribution in [3.63, 3.8) is 0 Å². The van der Waals surface area contributed by atoms with E-state index in [1.165, 1.54) is 0 Å². The Morgan fingerprint density at radius 3 is 0.690 bits per heavy atom. The van der Waals surface area contributed by atoms with Gasteiger partial charge in [-0.2, -0.15) is 0 Å². The predicted molar refractivity (Wildman–Crippen MR) is 198 cm³/mol. The van der Waals surface area contributed by atoms with Crippen LogP contribution >= 0.6 is 69.6 Å². The average molecular weight is 735 g/mol. The van der Waals surface area contributed by atoms with Crippen molar-refractivity contribution in [2.75, 3.05) is 0 Å². The molecule has 1 saturated heterocycles. The fraction of sp³-hybridized carbons (Fsp3) is 0.333. The SMILES string of the molecule is C[Si](C)(C)c1c(Cl)cc(B2OB(c3cc(Cl)c([Si](C)(C)C)c(Cl)c3)OB(c3cc(Cl)c([Si](C)(C)C)c(Cl)c3)O2)cc1Cl. The van der Waals surface area contributed by atoms with Crippen LogP contribution < -0.4 is 31.9 Å². The van der Waals surface area contributed by atoms with E-state index in [2.05, 4.69) is 58.9 Å². The Kier molecular flexibility index (Phi) is 10.6. The molecule has 0 bridgehead atoms. The second-order valence-electron chi connectivity index (χ2n) is 13.7. The molecule has 1 heterocycles. The first kappa shape index (κ1) is 35.0. The van der Waals surface area contributed by atoms with Crippen molar-refractivity contribution in [3.8, 4) is 0 Å². The Morgan fingerprint density at radius 1 is 0.381 bits per heavy atom. The third kappa shape index (κ3) is 7.56. The fourth-order valence-electron chi connectivity index (χ4n) is 5.24. The molecule has 3 aromatic rings. The van der Waals surface area contributed by atoms with Crippen molar-refractivity contribution in [1.82, 2.24) is 0 Å². The molecule has 3 aromatic carbocycles. The summed E-state index contributed by atoms with van der Waals surface area (Å²) in [4.78, 5) is 0. The maximum absolute atomic E-state index is 6.79. The molecule has 0 saturated carbocycles. The summed E-state index contributed by atoms with van der Waals surface area (Å²) in [6, 6.07) is 11.1. The lowest BCUT2D eigenvalue weighted by atomic mass is 9.61. The Balaban J connectivity index is 1.83. The van der Waals surface area contributed by atoms with Gasteiger partial charge in [-0.05, 0) is 68.3 Å². The summed E-state index contributed by atoms with van der Waals surface area (Å²) in [7, 11) is -8.07. The van der Waals surface area contributed by atoms with Gasteiger partial charge in [0.05, 0.1) is 24.2 Å². The zero-order valence-corrected chi connectivity index (χ0v) is 32.7. The van der Waals surface area contributed by atoms with Crippen LogP contribution in [0.4, 0.5) is 0 Å². The zero-order valence-electron chi connectivity index (χ0n) is 25.2. The topological polar surface area (TPSA) is 27.7 Å². The van der Waals surface area contributed by atoms with Gasteiger partial charge in [-0.1, -0.05) is 129 Å². The van der Waals surface area contributed by atoms with Gasteiger partial charge in [-0.15, -0.1) is 0 Å². The van der Waals surface area contributed by atoms with Crippen LogP contribution in [0.3, 0.4) is 0 Å². The van der Waals surface area contributed by atoms with Gasteiger partial charge in [0.25, 0.3) is 0 Å². The van der Waals surface area contributed by atoms with E-state index < -0.39 is 45.6 Å². The van der Waals surface area contributed by atoms with E-state index in [4.69, 9.17) is 83.3 Å². The van der Waals surface area contributed by atoms with Crippen molar-refractivity contribution < 1.29 is 13.7 Å². The molecule has 0 spiro atoms. The monoisotopic (exact) mass is 732 g/mol. The number of rotatable bonds is 6. The number of benzene rings is 3. The molecule has 0 radical (unpaired) electrons. The molecule has 3 nitrogen and oxygen atoms in total. The Labute approximate surface area is 284 Å². The second-order valence-corrected chi connectivity index (χ2v) is 31.2. The summed E-state index contributed by atoms with van der Waals surface area (Å²) >= 11 is 40.8. The van der Waals surface area contributed by atoms with Gasteiger partial charge in [0, 0.05) is 30.1 Å². The number of hydrogen-bond acceptors (Lipinski definition) is 3. The summed E-state index contributed by atoms with van der Waals surface area (Å²) in [5, 5.41) is 6.44. The highest BCUT2D eigenvalue weighted by Crippen LogP contribution is 2.24. The van der Waals surface area contributed by atoms with Crippen molar-refractivity contribution >= 4 is 147 Å². The third-order valence-electron chi connectivity index (χ3n) is 7.00. The summed E-state index contributed by atoms with van der Waals surface area (Å²) in [6.45, 7) is 19.8. The highest BCUT2D eigenvalue weighted by atomic mass is 35.5. The Hall–Kier alpha value is 0.125. The van der Waals surface area contributed by atoms with E-state index in [0.717, 1.165) is 15.6 Å². The summed E-state index contributed by atoms with van der Waals surface area (Å²) in [5.74, 6) is 0. The van der Waals surface area contributed by atoms with Crippen molar-refractivity contribution in [3.05, 3.63) is 66.5 Å². The molecule has 0 unspecified atom stereocenters. The lowest BCUT2D eigenvalue weighted by Gasteiger charge is -2.33. The molecular weight excluding hydrogens is 702 g/mol. The van der Waals surface area contributed by atoms with Crippen LogP contribution in [0.25, 0.3) is 0 Å². The van der Waals surface area contributed by atoms with E-state index in [0.29, 0.717) is 46.5 Å². The predicted octanol–water partition coefficient (Wildman–Crippen LogP) is 6.79. The Morgan fingerprint density at radius 2 is 0.548 bits per heavy atom. The van der Waals surface area contributed by atoms with E-state index in [9.17, 15) is 0 Å². The lowest BCUT2D eigenvalue weighted by Crippen LogP contribution is -2.62. The maximum Gasteiger partial charge on any atom is 0.467 e. The first-order valence-corrected chi connectivity index (χ1v) is 26.4. The van der Waals surface area contributed by atoms with Gasteiger partial charge in [0.2, 0.25) is 0 Å².